The first-order chi connectivity index (χ1) is 13.6. The highest BCUT2D eigenvalue weighted by Gasteiger charge is 2.29. The van der Waals surface area contributed by atoms with Gasteiger partial charge in [-0.25, -0.2) is 0 Å². The molecule has 1 saturated heterocycles. The van der Waals surface area contributed by atoms with Crippen molar-refractivity contribution in [1.82, 2.24) is 9.80 Å². The maximum Gasteiger partial charge on any atom is 0.239 e. The van der Waals surface area contributed by atoms with Gasteiger partial charge >= 0.3 is 0 Å². The van der Waals surface area contributed by atoms with E-state index in [9.17, 15) is 4.79 Å². The fourth-order valence-corrected chi connectivity index (χ4v) is 3.79. The van der Waals surface area contributed by atoms with Crippen LogP contribution in [0, 0.1) is 0 Å². The smallest absolute Gasteiger partial charge is 0.239 e. The largest absolute Gasteiger partial charge is 0.496 e. The van der Waals surface area contributed by atoms with Crippen LogP contribution in [0.25, 0.3) is 5.57 Å². The fraction of sp³-hybridized carbons (Fsp3) is 0.571. The van der Waals surface area contributed by atoms with Gasteiger partial charge in [0.15, 0.2) is 0 Å². The molecule has 2 aliphatic rings. The summed E-state index contributed by atoms with van der Waals surface area (Å²) in [4.78, 5) is 16.9. The monoisotopic (exact) mass is 390 g/mol. The molecule has 0 N–H and O–H groups in total. The van der Waals surface area contributed by atoms with Crippen LogP contribution in [-0.2, 0) is 9.53 Å². The van der Waals surface area contributed by atoms with Crippen molar-refractivity contribution in [3.8, 4) is 17.2 Å². The van der Waals surface area contributed by atoms with Crippen LogP contribution in [0.3, 0.4) is 0 Å². The fourth-order valence-electron chi connectivity index (χ4n) is 3.79. The molecule has 7 heteroatoms. The molecule has 1 atom stereocenters. The molecule has 0 unspecified atom stereocenters. The predicted octanol–water partition coefficient (Wildman–Crippen LogP) is 2.05. The zero-order chi connectivity index (χ0) is 20.1. The molecule has 1 amide bonds. The van der Waals surface area contributed by atoms with Crippen molar-refractivity contribution in [2.24, 2.45) is 0 Å². The van der Waals surface area contributed by atoms with Crippen molar-refractivity contribution in [2.45, 2.75) is 19.4 Å². The second-order valence-corrected chi connectivity index (χ2v) is 6.99. The molecule has 0 aliphatic carbocycles. The van der Waals surface area contributed by atoms with Gasteiger partial charge in [0.1, 0.15) is 17.2 Å². The van der Waals surface area contributed by atoms with Crippen LogP contribution in [0.5, 0.6) is 17.2 Å². The normalized spacial score (nSPS) is 19.0. The van der Waals surface area contributed by atoms with Crippen LogP contribution in [0.4, 0.5) is 0 Å². The molecule has 1 aromatic rings. The SMILES string of the molecule is COc1cc(OC)c(C2=CCN([C@@H](C)C(=O)N3CCOCC3)CC2)c(OC)c1. The molecule has 1 fully saturated rings. The summed E-state index contributed by atoms with van der Waals surface area (Å²) in [5, 5.41) is 0. The number of nitrogens with zero attached hydrogens (tertiary/aromatic N) is 2. The minimum atomic E-state index is -0.143. The molecular formula is C21H30N2O5. The summed E-state index contributed by atoms with van der Waals surface area (Å²) >= 11 is 0. The van der Waals surface area contributed by atoms with Gasteiger partial charge < -0.3 is 23.8 Å². The second-order valence-electron chi connectivity index (χ2n) is 6.99. The summed E-state index contributed by atoms with van der Waals surface area (Å²) in [7, 11) is 4.92. The summed E-state index contributed by atoms with van der Waals surface area (Å²) in [5.41, 5.74) is 2.12. The molecule has 3 rings (SSSR count). The number of morpholine rings is 1. The Kier molecular flexibility index (Phi) is 6.80. The average molecular weight is 390 g/mol. The maximum atomic E-state index is 12.8. The lowest BCUT2D eigenvalue weighted by atomic mass is 9.96. The maximum absolute atomic E-state index is 12.8. The summed E-state index contributed by atoms with van der Waals surface area (Å²) in [6, 6.07) is 3.60. The van der Waals surface area contributed by atoms with E-state index in [-0.39, 0.29) is 11.9 Å². The highest BCUT2D eigenvalue weighted by molar-refractivity contribution is 5.82. The first-order valence-corrected chi connectivity index (χ1v) is 9.69. The number of carbonyl (C=O) groups excluding carboxylic acids is 1. The van der Waals surface area contributed by atoms with E-state index in [1.54, 1.807) is 21.3 Å². The highest BCUT2D eigenvalue weighted by atomic mass is 16.5. The molecule has 0 saturated carbocycles. The number of hydrogen-bond donors (Lipinski definition) is 0. The molecule has 28 heavy (non-hydrogen) atoms. The summed E-state index contributed by atoms with van der Waals surface area (Å²) in [6.07, 6.45) is 2.99. The van der Waals surface area contributed by atoms with Gasteiger partial charge in [-0.1, -0.05) is 6.08 Å². The Balaban J connectivity index is 1.75. The van der Waals surface area contributed by atoms with E-state index in [2.05, 4.69) is 11.0 Å². The minimum Gasteiger partial charge on any atom is -0.496 e. The van der Waals surface area contributed by atoms with E-state index in [0.29, 0.717) is 38.6 Å². The Morgan fingerprint density at radius 1 is 1.04 bits per heavy atom. The number of amides is 1. The van der Waals surface area contributed by atoms with Gasteiger partial charge in [0.25, 0.3) is 0 Å². The minimum absolute atomic E-state index is 0.143. The van der Waals surface area contributed by atoms with Gasteiger partial charge in [-0.2, -0.15) is 0 Å². The van der Waals surface area contributed by atoms with E-state index in [1.165, 1.54) is 5.57 Å². The van der Waals surface area contributed by atoms with Crippen molar-refractivity contribution in [2.75, 3.05) is 60.7 Å². The Labute approximate surface area is 166 Å². The van der Waals surface area contributed by atoms with Crippen molar-refractivity contribution in [3.63, 3.8) is 0 Å². The first kappa shape index (κ1) is 20.5. The zero-order valence-electron chi connectivity index (χ0n) is 17.2. The van der Waals surface area contributed by atoms with Gasteiger partial charge in [-0.3, -0.25) is 9.69 Å². The molecule has 2 aliphatic heterocycles. The number of methoxy groups -OCH3 is 3. The highest BCUT2D eigenvalue weighted by Crippen LogP contribution is 2.41. The third-order valence-electron chi connectivity index (χ3n) is 5.50. The van der Waals surface area contributed by atoms with E-state index in [0.717, 1.165) is 30.0 Å². The van der Waals surface area contributed by atoms with Crippen molar-refractivity contribution in [1.29, 1.82) is 0 Å². The molecule has 2 heterocycles. The topological polar surface area (TPSA) is 60.5 Å². The number of carbonyl (C=O) groups is 1. The lowest BCUT2D eigenvalue weighted by molar-refractivity contribution is -0.140. The number of ether oxygens (including phenoxy) is 4. The van der Waals surface area contributed by atoms with Gasteiger partial charge in [-0.15, -0.1) is 0 Å². The lowest BCUT2D eigenvalue weighted by Gasteiger charge is -2.36. The second kappa shape index (κ2) is 9.30. The van der Waals surface area contributed by atoms with Crippen LogP contribution in [0.2, 0.25) is 0 Å². The zero-order valence-corrected chi connectivity index (χ0v) is 17.2. The Bertz CT molecular complexity index is 703. The molecule has 0 aromatic heterocycles. The predicted molar refractivity (Wildman–Crippen MR) is 107 cm³/mol. The van der Waals surface area contributed by atoms with Gasteiger partial charge in [-0.05, 0) is 18.9 Å². The molecule has 7 nitrogen and oxygen atoms in total. The quantitative estimate of drug-likeness (QED) is 0.741. The lowest BCUT2D eigenvalue weighted by Crippen LogP contribution is -2.51. The number of rotatable bonds is 6. The molecule has 0 bridgehead atoms. The Hall–Kier alpha value is -2.25. The molecule has 0 radical (unpaired) electrons. The van der Waals surface area contributed by atoms with Gasteiger partial charge in [0.2, 0.25) is 5.91 Å². The van der Waals surface area contributed by atoms with Gasteiger partial charge in [0, 0.05) is 38.3 Å². The van der Waals surface area contributed by atoms with Crippen molar-refractivity contribution < 1.29 is 23.7 Å². The molecule has 1 aromatic carbocycles. The molecular weight excluding hydrogens is 360 g/mol. The third kappa shape index (κ3) is 4.25. The van der Waals surface area contributed by atoms with Crippen LogP contribution < -0.4 is 14.2 Å². The first-order valence-electron chi connectivity index (χ1n) is 9.69. The van der Waals surface area contributed by atoms with Crippen LogP contribution >= 0.6 is 0 Å². The van der Waals surface area contributed by atoms with E-state index < -0.39 is 0 Å². The van der Waals surface area contributed by atoms with E-state index in [4.69, 9.17) is 18.9 Å². The van der Waals surface area contributed by atoms with Crippen LogP contribution in [0.1, 0.15) is 18.9 Å². The number of hydrogen-bond acceptors (Lipinski definition) is 6. The molecule has 154 valence electrons. The Morgan fingerprint density at radius 2 is 1.68 bits per heavy atom. The molecule has 0 spiro atoms. The number of benzene rings is 1. The van der Waals surface area contributed by atoms with E-state index in [1.807, 2.05) is 24.0 Å². The van der Waals surface area contributed by atoms with Crippen molar-refractivity contribution in [3.05, 3.63) is 23.8 Å². The van der Waals surface area contributed by atoms with Crippen molar-refractivity contribution >= 4 is 11.5 Å². The van der Waals surface area contributed by atoms with Crippen LogP contribution in [-0.4, -0.2) is 82.5 Å². The summed E-state index contributed by atoms with van der Waals surface area (Å²) in [5.74, 6) is 2.33. The third-order valence-corrected chi connectivity index (χ3v) is 5.50. The standard InChI is InChI=1S/C21H30N2O5/c1-15(21(24)23-9-11-28-12-10-23)22-7-5-16(6-8-22)20-18(26-3)13-17(25-2)14-19(20)27-4/h5,13-15H,6-12H2,1-4H3/t15-/m0/s1. The van der Waals surface area contributed by atoms with Crippen LogP contribution in [0.15, 0.2) is 18.2 Å². The Morgan fingerprint density at radius 3 is 2.18 bits per heavy atom. The van der Waals surface area contributed by atoms with Gasteiger partial charge in [0.05, 0.1) is 46.1 Å². The van der Waals surface area contributed by atoms with E-state index >= 15 is 0 Å². The summed E-state index contributed by atoms with van der Waals surface area (Å²) < 4.78 is 21.9. The summed E-state index contributed by atoms with van der Waals surface area (Å²) in [6.45, 7) is 6.12. The average Bonchev–Trinajstić information content (AvgIpc) is 2.77.